The molecule has 1 aliphatic rings. The molecule has 1 unspecified atom stereocenters. The number of carbonyl (C=O) groups excluding carboxylic acids is 4. The lowest BCUT2D eigenvalue weighted by Gasteiger charge is -2.20. The standard InChI is InChI=1S/C15H15NO4/c1-2-10-5-3-7-12-13(10)15(20)16(14(12)19)11(9-18)6-4-8-17/h3,5,7-9,11H,2,4,6H2,1H3. The van der Waals surface area contributed by atoms with Gasteiger partial charge in [-0.1, -0.05) is 19.1 Å². The SMILES string of the molecule is CCc1cccc2c1C(=O)N(C(C=O)CCC=O)C2=O. The van der Waals surface area contributed by atoms with Gasteiger partial charge in [-0.05, 0) is 24.5 Å². The first-order valence-electron chi connectivity index (χ1n) is 6.54. The highest BCUT2D eigenvalue weighted by Crippen LogP contribution is 2.28. The third-order valence-corrected chi connectivity index (χ3v) is 3.48. The molecule has 0 fully saturated rings. The molecule has 20 heavy (non-hydrogen) atoms. The molecule has 0 aliphatic carbocycles. The van der Waals surface area contributed by atoms with Crippen LogP contribution in [0.15, 0.2) is 18.2 Å². The predicted molar refractivity (Wildman–Crippen MR) is 71.5 cm³/mol. The van der Waals surface area contributed by atoms with Crippen molar-refractivity contribution in [3.8, 4) is 0 Å². The molecule has 0 N–H and O–H groups in total. The molecule has 0 saturated heterocycles. The Morgan fingerprint density at radius 3 is 2.55 bits per heavy atom. The van der Waals surface area contributed by atoms with Crippen LogP contribution in [0.4, 0.5) is 0 Å². The maximum absolute atomic E-state index is 12.4. The quantitative estimate of drug-likeness (QED) is 0.580. The van der Waals surface area contributed by atoms with Crippen molar-refractivity contribution in [2.24, 2.45) is 0 Å². The number of amides is 2. The minimum absolute atomic E-state index is 0.136. The number of aldehydes is 2. The minimum atomic E-state index is -0.877. The van der Waals surface area contributed by atoms with Gasteiger partial charge >= 0.3 is 0 Å². The maximum atomic E-state index is 12.4. The molecule has 2 amide bonds. The van der Waals surface area contributed by atoms with E-state index in [0.29, 0.717) is 30.1 Å². The van der Waals surface area contributed by atoms with Crippen molar-refractivity contribution in [2.75, 3.05) is 0 Å². The van der Waals surface area contributed by atoms with E-state index in [0.717, 1.165) is 10.5 Å². The molecule has 1 aromatic rings. The normalized spacial score (nSPS) is 15.2. The van der Waals surface area contributed by atoms with E-state index in [1.54, 1.807) is 18.2 Å². The lowest BCUT2D eigenvalue weighted by Crippen LogP contribution is -2.41. The second-order valence-electron chi connectivity index (χ2n) is 4.62. The summed E-state index contributed by atoms with van der Waals surface area (Å²) >= 11 is 0. The summed E-state index contributed by atoms with van der Waals surface area (Å²) in [5.74, 6) is -0.895. The first-order chi connectivity index (χ1) is 9.65. The zero-order valence-electron chi connectivity index (χ0n) is 11.2. The average Bonchev–Trinajstić information content (AvgIpc) is 2.73. The number of imide groups is 1. The van der Waals surface area contributed by atoms with Gasteiger partial charge in [-0.2, -0.15) is 0 Å². The summed E-state index contributed by atoms with van der Waals surface area (Å²) in [5, 5.41) is 0. The van der Waals surface area contributed by atoms with Crippen LogP contribution in [0, 0.1) is 0 Å². The fraction of sp³-hybridized carbons (Fsp3) is 0.333. The second-order valence-corrected chi connectivity index (χ2v) is 4.62. The summed E-state index contributed by atoms with van der Waals surface area (Å²) in [6.45, 7) is 1.90. The molecule has 1 aromatic carbocycles. The van der Waals surface area contributed by atoms with Gasteiger partial charge in [0.1, 0.15) is 12.6 Å². The summed E-state index contributed by atoms with van der Waals surface area (Å²) < 4.78 is 0. The number of benzene rings is 1. The van der Waals surface area contributed by atoms with Crippen molar-refractivity contribution >= 4 is 24.4 Å². The van der Waals surface area contributed by atoms with Crippen molar-refractivity contribution in [3.63, 3.8) is 0 Å². The van der Waals surface area contributed by atoms with Crippen LogP contribution >= 0.6 is 0 Å². The summed E-state index contributed by atoms with van der Waals surface area (Å²) in [6.07, 6.45) is 2.16. The molecule has 104 valence electrons. The van der Waals surface area contributed by atoms with Crippen LogP contribution in [0.2, 0.25) is 0 Å². The number of rotatable bonds is 6. The molecule has 1 heterocycles. The summed E-state index contributed by atoms with van der Waals surface area (Å²) in [4.78, 5) is 47.2. The second kappa shape index (κ2) is 5.77. The summed E-state index contributed by atoms with van der Waals surface area (Å²) in [6, 6.07) is 4.25. The molecule has 5 heteroatoms. The van der Waals surface area contributed by atoms with E-state index >= 15 is 0 Å². The van der Waals surface area contributed by atoms with Gasteiger partial charge in [-0.15, -0.1) is 0 Å². The smallest absolute Gasteiger partial charge is 0.262 e. The fourth-order valence-corrected chi connectivity index (χ4v) is 2.47. The Bertz CT molecular complexity index is 579. The van der Waals surface area contributed by atoms with Gasteiger partial charge < -0.3 is 9.59 Å². The summed E-state index contributed by atoms with van der Waals surface area (Å²) in [7, 11) is 0. The first-order valence-corrected chi connectivity index (χ1v) is 6.54. The Morgan fingerprint density at radius 2 is 1.95 bits per heavy atom. The van der Waals surface area contributed by atoms with Gasteiger partial charge in [0.05, 0.1) is 17.2 Å². The van der Waals surface area contributed by atoms with Crippen LogP contribution in [-0.4, -0.2) is 35.3 Å². The number of carbonyl (C=O) groups is 4. The number of hydrogen-bond acceptors (Lipinski definition) is 4. The molecule has 1 aliphatic heterocycles. The molecular formula is C15H15NO4. The van der Waals surface area contributed by atoms with Crippen molar-refractivity contribution in [1.82, 2.24) is 4.90 Å². The van der Waals surface area contributed by atoms with Crippen molar-refractivity contribution in [2.45, 2.75) is 32.2 Å². The Morgan fingerprint density at radius 1 is 1.20 bits per heavy atom. The first kappa shape index (κ1) is 14.1. The predicted octanol–water partition coefficient (Wildman–Crippen LogP) is 1.39. The van der Waals surface area contributed by atoms with Crippen LogP contribution in [0.1, 0.15) is 46.0 Å². The minimum Gasteiger partial charge on any atom is -0.303 e. The number of hydrogen-bond donors (Lipinski definition) is 0. The van der Waals surface area contributed by atoms with Gasteiger partial charge in [0.15, 0.2) is 0 Å². The van der Waals surface area contributed by atoms with Crippen molar-refractivity contribution in [1.29, 1.82) is 0 Å². The van der Waals surface area contributed by atoms with Gasteiger partial charge in [0.2, 0.25) is 0 Å². The van der Waals surface area contributed by atoms with Crippen LogP contribution in [0.5, 0.6) is 0 Å². The van der Waals surface area contributed by atoms with Crippen molar-refractivity contribution < 1.29 is 19.2 Å². The van der Waals surface area contributed by atoms with Crippen LogP contribution in [0.25, 0.3) is 0 Å². The molecule has 1 atom stereocenters. The molecule has 5 nitrogen and oxygen atoms in total. The molecule has 0 spiro atoms. The fourth-order valence-electron chi connectivity index (χ4n) is 2.47. The monoisotopic (exact) mass is 273 g/mol. The molecular weight excluding hydrogens is 258 g/mol. The maximum Gasteiger partial charge on any atom is 0.262 e. The van der Waals surface area contributed by atoms with Gasteiger partial charge in [-0.3, -0.25) is 14.5 Å². The topological polar surface area (TPSA) is 71.5 Å². The van der Waals surface area contributed by atoms with E-state index < -0.39 is 17.9 Å². The van der Waals surface area contributed by atoms with E-state index in [9.17, 15) is 19.2 Å². The highest BCUT2D eigenvalue weighted by Gasteiger charge is 2.40. The van der Waals surface area contributed by atoms with E-state index in [1.807, 2.05) is 6.92 Å². The van der Waals surface area contributed by atoms with Crippen molar-refractivity contribution in [3.05, 3.63) is 34.9 Å². The van der Waals surface area contributed by atoms with Gasteiger partial charge in [0.25, 0.3) is 11.8 Å². The van der Waals surface area contributed by atoms with Crippen LogP contribution in [-0.2, 0) is 16.0 Å². The van der Waals surface area contributed by atoms with Gasteiger partial charge in [0, 0.05) is 6.42 Å². The van der Waals surface area contributed by atoms with E-state index in [1.165, 1.54) is 0 Å². The molecule has 2 rings (SSSR count). The Balaban J connectivity index is 2.41. The number of nitrogens with zero attached hydrogens (tertiary/aromatic N) is 1. The Hall–Kier alpha value is -2.30. The third-order valence-electron chi connectivity index (χ3n) is 3.48. The highest BCUT2D eigenvalue weighted by molar-refractivity contribution is 6.23. The van der Waals surface area contributed by atoms with E-state index in [4.69, 9.17) is 0 Å². The lowest BCUT2D eigenvalue weighted by atomic mass is 10.0. The zero-order chi connectivity index (χ0) is 14.7. The van der Waals surface area contributed by atoms with E-state index in [2.05, 4.69) is 0 Å². The Labute approximate surface area is 116 Å². The average molecular weight is 273 g/mol. The largest absolute Gasteiger partial charge is 0.303 e. The lowest BCUT2D eigenvalue weighted by molar-refractivity contribution is -0.112. The molecule has 0 bridgehead atoms. The highest BCUT2D eigenvalue weighted by atomic mass is 16.2. The third kappa shape index (κ3) is 2.15. The van der Waals surface area contributed by atoms with E-state index in [-0.39, 0.29) is 12.8 Å². The van der Waals surface area contributed by atoms with Gasteiger partial charge in [-0.25, -0.2) is 0 Å². The molecule has 0 aromatic heterocycles. The molecule has 0 saturated carbocycles. The number of aryl methyl sites for hydroxylation is 1. The molecule has 0 radical (unpaired) electrons. The van der Waals surface area contributed by atoms with Crippen LogP contribution in [0.3, 0.4) is 0 Å². The Kier molecular flexibility index (Phi) is 4.08. The zero-order valence-corrected chi connectivity index (χ0v) is 11.2. The van der Waals surface area contributed by atoms with Crippen LogP contribution < -0.4 is 0 Å². The number of fused-ring (bicyclic) bond motifs is 1. The summed E-state index contributed by atoms with van der Waals surface area (Å²) in [5.41, 5.74) is 1.52.